The highest BCUT2D eigenvalue weighted by molar-refractivity contribution is 5.96. The minimum Gasteiger partial charge on any atom is -0.452 e. The molecular weight excluding hydrogens is 548 g/mol. The van der Waals surface area contributed by atoms with Crippen molar-refractivity contribution in [3.63, 3.8) is 0 Å². The molecule has 0 aliphatic heterocycles. The summed E-state index contributed by atoms with van der Waals surface area (Å²) >= 11 is 0. The van der Waals surface area contributed by atoms with Crippen molar-refractivity contribution >= 4 is 35.5 Å². The molecule has 2 aromatic rings. The molecule has 2 aromatic carbocycles. The first-order valence-electron chi connectivity index (χ1n) is 10.4. The summed E-state index contributed by atoms with van der Waals surface area (Å²) in [5.41, 5.74) is -4.76. The quantitative estimate of drug-likeness (QED) is 0.296. The van der Waals surface area contributed by atoms with Crippen molar-refractivity contribution in [2.24, 2.45) is 0 Å². The molecule has 0 fully saturated rings. The third kappa shape index (κ3) is 9.01. The van der Waals surface area contributed by atoms with Gasteiger partial charge in [-0.1, -0.05) is 0 Å². The maximum atomic E-state index is 13.0. The second kappa shape index (κ2) is 11.8. The summed E-state index contributed by atoms with van der Waals surface area (Å²) in [5, 5.41) is 1.77. The molecule has 16 heteroatoms. The fourth-order valence-electron chi connectivity index (χ4n) is 2.84. The molecule has 0 saturated heterocycles. The van der Waals surface area contributed by atoms with E-state index in [0.29, 0.717) is 0 Å². The second-order valence-electron chi connectivity index (χ2n) is 7.50. The van der Waals surface area contributed by atoms with Crippen LogP contribution in [0.1, 0.15) is 42.3 Å². The number of carbonyl (C=O) groups excluding carboxylic acids is 5. The van der Waals surface area contributed by atoms with Crippen LogP contribution in [0, 0.1) is 0 Å². The van der Waals surface area contributed by atoms with Gasteiger partial charge < -0.3 is 24.3 Å². The van der Waals surface area contributed by atoms with Crippen molar-refractivity contribution < 1.29 is 69.3 Å². The first kappa shape index (κ1) is 30.6. The summed E-state index contributed by atoms with van der Waals surface area (Å²) in [6.45, 7) is 1.69. The Morgan fingerprint density at radius 3 is 1.51 bits per heavy atom. The van der Waals surface area contributed by atoms with Crippen LogP contribution in [-0.4, -0.2) is 36.4 Å². The highest BCUT2D eigenvalue weighted by Crippen LogP contribution is 2.40. The zero-order valence-corrected chi connectivity index (χ0v) is 20.0. The standard InChI is InChI=1S/C23H17F6NO9/c1-10(31)37-17-4-13(5-18(38-11(2)32)20(17)39-12(3)33)21(35)36-9-19(34)30-16-7-14(22(24,25)26)6-15(8-16)23(27,28)29/h4-8H,9H2,1-3H3,(H,30,34). The van der Waals surface area contributed by atoms with Crippen molar-refractivity contribution in [2.45, 2.75) is 33.1 Å². The number of ether oxygens (including phenoxy) is 4. The topological polar surface area (TPSA) is 134 Å². The maximum Gasteiger partial charge on any atom is 0.416 e. The molecule has 1 amide bonds. The number of anilines is 1. The molecule has 10 nitrogen and oxygen atoms in total. The van der Waals surface area contributed by atoms with Gasteiger partial charge in [0.25, 0.3) is 5.91 Å². The Labute approximate surface area is 214 Å². The number of hydrogen-bond acceptors (Lipinski definition) is 9. The smallest absolute Gasteiger partial charge is 0.416 e. The van der Waals surface area contributed by atoms with E-state index in [0.717, 1.165) is 32.9 Å². The zero-order chi connectivity index (χ0) is 29.7. The number of esters is 4. The summed E-state index contributed by atoms with van der Waals surface area (Å²) in [6, 6.07) is 2.01. The Balaban J connectivity index is 2.30. The normalized spacial score (nSPS) is 11.3. The van der Waals surface area contributed by atoms with E-state index in [1.165, 1.54) is 0 Å². The van der Waals surface area contributed by atoms with Crippen molar-refractivity contribution in [1.82, 2.24) is 0 Å². The number of alkyl halides is 6. The van der Waals surface area contributed by atoms with E-state index in [-0.39, 0.29) is 18.2 Å². The average molecular weight is 565 g/mol. The first-order valence-corrected chi connectivity index (χ1v) is 10.4. The van der Waals surface area contributed by atoms with Crippen molar-refractivity contribution in [3.8, 4) is 17.2 Å². The van der Waals surface area contributed by atoms with E-state index in [2.05, 4.69) is 0 Å². The summed E-state index contributed by atoms with van der Waals surface area (Å²) in [6.07, 6.45) is -10.3. The van der Waals surface area contributed by atoms with Gasteiger partial charge >= 0.3 is 36.2 Å². The third-order valence-corrected chi connectivity index (χ3v) is 4.22. The molecule has 0 radical (unpaired) electrons. The Morgan fingerprint density at radius 1 is 0.692 bits per heavy atom. The summed E-state index contributed by atoms with van der Waals surface area (Å²) in [7, 11) is 0. The SMILES string of the molecule is CC(=O)Oc1cc(C(=O)OCC(=O)Nc2cc(C(F)(F)F)cc(C(F)(F)F)c2)cc(OC(C)=O)c1OC(C)=O. The van der Waals surface area contributed by atoms with Gasteiger partial charge in [0, 0.05) is 26.5 Å². The lowest BCUT2D eigenvalue weighted by Gasteiger charge is -2.15. The van der Waals surface area contributed by atoms with Crippen molar-refractivity contribution in [3.05, 3.63) is 47.0 Å². The largest absolute Gasteiger partial charge is 0.452 e. The molecule has 210 valence electrons. The predicted molar refractivity (Wildman–Crippen MR) is 116 cm³/mol. The van der Waals surface area contributed by atoms with Crippen LogP contribution >= 0.6 is 0 Å². The van der Waals surface area contributed by atoms with Gasteiger partial charge in [-0.25, -0.2) is 4.79 Å². The van der Waals surface area contributed by atoms with Gasteiger partial charge in [-0.3, -0.25) is 19.2 Å². The molecule has 0 atom stereocenters. The lowest BCUT2D eigenvalue weighted by atomic mass is 10.1. The number of nitrogens with one attached hydrogen (secondary N) is 1. The van der Waals surface area contributed by atoms with E-state index in [9.17, 15) is 50.3 Å². The Bertz CT molecular complexity index is 1250. The van der Waals surface area contributed by atoms with Gasteiger partial charge in [0.2, 0.25) is 5.75 Å². The number of amides is 1. The summed E-state index contributed by atoms with van der Waals surface area (Å²) < 4.78 is 97.3. The molecule has 0 unspecified atom stereocenters. The van der Waals surface area contributed by atoms with Gasteiger partial charge in [0.1, 0.15) is 0 Å². The summed E-state index contributed by atoms with van der Waals surface area (Å²) in [4.78, 5) is 58.9. The van der Waals surface area contributed by atoms with Crippen molar-refractivity contribution in [1.29, 1.82) is 0 Å². The second-order valence-corrected chi connectivity index (χ2v) is 7.50. The van der Waals surface area contributed by atoms with Gasteiger partial charge in [-0.2, -0.15) is 26.3 Å². The van der Waals surface area contributed by atoms with Crippen LogP contribution in [0.5, 0.6) is 17.2 Å². The van der Waals surface area contributed by atoms with Gasteiger partial charge in [0.05, 0.1) is 16.7 Å². The predicted octanol–water partition coefficient (Wildman–Crippen LogP) is 4.30. The molecule has 39 heavy (non-hydrogen) atoms. The Kier molecular flexibility index (Phi) is 9.28. The van der Waals surface area contributed by atoms with Crippen LogP contribution in [0.3, 0.4) is 0 Å². The fourth-order valence-corrected chi connectivity index (χ4v) is 2.84. The lowest BCUT2D eigenvalue weighted by molar-refractivity contribution is -0.143. The van der Waals surface area contributed by atoms with Crippen LogP contribution in [0.25, 0.3) is 0 Å². The van der Waals surface area contributed by atoms with Crippen LogP contribution in [0.2, 0.25) is 0 Å². The zero-order valence-electron chi connectivity index (χ0n) is 20.0. The fraction of sp³-hybridized carbons (Fsp3) is 0.261. The van der Waals surface area contributed by atoms with Crippen LogP contribution in [0.4, 0.5) is 32.0 Å². The maximum absolute atomic E-state index is 13.0. The van der Waals surface area contributed by atoms with E-state index in [4.69, 9.17) is 18.9 Å². The number of rotatable bonds is 7. The molecule has 0 spiro atoms. The first-order chi connectivity index (χ1) is 17.9. The van der Waals surface area contributed by atoms with E-state index in [1.54, 1.807) is 5.32 Å². The van der Waals surface area contributed by atoms with Crippen LogP contribution in [-0.2, 0) is 36.3 Å². The molecule has 0 aliphatic rings. The molecule has 0 saturated carbocycles. The van der Waals surface area contributed by atoms with Gasteiger partial charge in [-0.05, 0) is 30.3 Å². The molecule has 0 aromatic heterocycles. The van der Waals surface area contributed by atoms with Crippen LogP contribution < -0.4 is 19.5 Å². The van der Waals surface area contributed by atoms with E-state index < -0.39 is 88.4 Å². The molecule has 0 heterocycles. The molecular formula is C23H17F6NO9. The van der Waals surface area contributed by atoms with Crippen molar-refractivity contribution in [2.75, 3.05) is 11.9 Å². The van der Waals surface area contributed by atoms with E-state index in [1.807, 2.05) is 0 Å². The highest BCUT2D eigenvalue weighted by atomic mass is 19.4. The average Bonchev–Trinajstić information content (AvgIpc) is 2.77. The minimum atomic E-state index is -5.16. The Morgan fingerprint density at radius 2 is 1.13 bits per heavy atom. The third-order valence-electron chi connectivity index (χ3n) is 4.22. The minimum absolute atomic E-state index is 0.142. The number of carbonyl (C=O) groups is 5. The number of benzene rings is 2. The van der Waals surface area contributed by atoms with Crippen LogP contribution in [0.15, 0.2) is 30.3 Å². The van der Waals surface area contributed by atoms with Gasteiger partial charge in [0.15, 0.2) is 18.1 Å². The molecule has 0 aliphatic carbocycles. The summed E-state index contributed by atoms with van der Waals surface area (Å²) in [5.74, 6) is -7.12. The number of halogens is 6. The monoisotopic (exact) mass is 565 g/mol. The van der Waals surface area contributed by atoms with E-state index >= 15 is 0 Å². The Hall–Kier alpha value is -4.63. The molecule has 1 N–H and O–H groups in total. The van der Waals surface area contributed by atoms with Gasteiger partial charge in [-0.15, -0.1) is 0 Å². The number of hydrogen-bond donors (Lipinski definition) is 1. The highest BCUT2D eigenvalue weighted by Gasteiger charge is 2.37. The lowest BCUT2D eigenvalue weighted by Crippen LogP contribution is -2.22. The molecule has 0 bridgehead atoms. The molecule has 2 rings (SSSR count).